The lowest BCUT2D eigenvalue weighted by molar-refractivity contribution is 0.102. The summed E-state index contributed by atoms with van der Waals surface area (Å²) in [7, 11) is 0. The van der Waals surface area contributed by atoms with Crippen LogP contribution >= 0.6 is 11.6 Å². The third kappa shape index (κ3) is 2.66. The fourth-order valence-corrected chi connectivity index (χ4v) is 2.29. The van der Waals surface area contributed by atoms with E-state index in [0.717, 1.165) is 10.8 Å². The van der Waals surface area contributed by atoms with Gasteiger partial charge in [0.05, 0.1) is 11.3 Å². The predicted octanol–water partition coefficient (Wildman–Crippen LogP) is 3.72. The minimum Gasteiger partial charge on any atom is -0.398 e. The molecule has 0 unspecified atom stereocenters. The minimum absolute atomic E-state index is 0.241. The Labute approximate surface area is 126 Å². The summed E-state index contributed by atoms with van der Waals surface area (Å²) in [4.78, 5) is 16.3. The number of nitrogens with zero attached hydrogens (tertiary/aromatic N) is 1. The summed E-state index contributed by atoms with van der Waals surface area (Å²) in [6.45, 7) is 0. The number of rotatable bonds is 2. The molecule has 21 heavy (non-hydrogen) atoms. The zero-order valence-corrected chi connectivity index (χ0v) is 11.8. The highest BCUT2D eigenvalue weighted by Crippen LogP contribution is 2.24. The zero-order chi connectivity index (χ0) is 14.8. The van der Waals surface area contributed by atoms with Gasteiger partial charge >= 0.3 is 0 Å². The Kier molecular flexibility index (Phi) is 3.46. The molecule has 0 atom stereocenters. The number of hydrogen-bond donors (Lipinski definition) is 2. The molecule has 0 fully saturated rings. The molecule has 0 bridgehead atoms. The quantitative estimate of drug-likeness (QED) is 0.559. The van der Waals surface area contributed by atoms with Gasteiger partial charge in [-0.1, -0.05) is 35.9 Å². The molecule has 0 aliphatic rings. The molecule has 4 nitrogen and oxygen atoms in total. The fraction of sp³-hybridized carbons (Fsp3) is 0. The number of amides is 1. The van der Waals surface area contributed by atoms with Crippen molar-refractivity contribution in [3.63, 3.8) is 0 Å². The SMILES string of the molecule is Nc1cc2ccccc2cc1C(=O)Nc1cccnc1Cl. The number of aromatic nitrogens is 1. The summed E-state index contributed by atoms with van der Waals surface area (Å²) >= 11 is 5.93. The van der Waals surface area contributed by atoms with E-state index in [-0.39, 0.29) is 11.1 Å². The fourth-order valence-electron chi connectivity index (χ4n) is 2.12. The molecule has 0 aliphatic carbocycles. The summed E-state index contributed by atoms with van der Waals surface area (Å²) in [5, 5.41) is 4.90. The molecule has 2 aromatic carbocycles. The van der Waals surface area contributed by atoms with E-state index >= 15 is 0 Å². The number of fused-ring (bicyclic) bond motifs is 1. The van der Waals surface area contributed by atoms with Gasteiger partial charge in [0.15, 0.2) is 5.15 Å². The molecule has 0 saturated carbocycles. The van der Waals surface area contributed by atoms with Crippen molar-refractivity contribution < 1.29 is 4.79 Å². The standard InChI is InChI=1S/C16H12ClN3O/c17-15-14(6-3-7-19-15)20-16(21)12-8-10-4-1-2-5-11(10)9-13(12)18/h1-9H,18H2,(H,20,21). The van der Waals surface area contributed by atoms with Crippen LogP contribution in [0.3, 0.4) is 0 Å². The molecule has 3 rings (SSSR count). The van der Waals surface area contributed by atoms with Gasteiger partial charge in [0.25, 0.3) is 5.91 Å². The number of benzene rings is 2. The lowest BCUT2D eigenvalue weighted by Gasteiger charge is -2.09. The molecule has 0 spiro atoms. The maximum Gasteiger partial charge on any atom is 0.257 e. The Morgan fingerprint density at radius 3 is 2.52 bits per heavy atom. The largest absolute Gasteiger partial charge is 0.398 e. The van der Waals surface area contributed by atoms with E-state index in [0.29, 0.717) is 16.9 Å². The maximum atomic E-state index is 12.4. The van der Waals surface area contributed by atoms with E-state index in [2.05, 4.69) is 10.3 Å². The molecule has 0 aliphatic heterocycles. The van der Waals surface area contributed by atoms with Gasteiger partial charge in [0.2, 0.25) is 0 Å². The Hall–Kier alpha value is -2.59. The number of nitrogens with two attached hydrogens (primary N) is 1. The summed E-state index contributed by atoms with van der Waals surface area (Å²) in [5.74, 6) is -0.312. The summed E-state index contributed by atoms with van der Waals surface area (Å²) in [6, 6.07) is 14.7. The molecule has 0 saturated heterocycles. The number of hydrogen-bond acceptors (Lipinski definition) is 3. The van der Waals surface area contributed by atoms with Crippen LogP contribution < -0.4 is 11.1 Å². The first-order chi connectivity index (χ1) is 10.1. The van der Waals surface area contributed by atoms with Gasteiger partial charge in [-0.25, -0.2) is 4.98 Å². The Balaban J connectivity index is 1.98. The number of nitrogens with one attached hydrogen (secondary N) is 1. The number of carbonyl (C=O) groups is 1. The van der Waals surface area contributed by atoms with Crippen molar-refractivity contribution in [2.75, 3.05) is 11.1 Å². The van der Waals surface area contributed by atoms with E-state index in [1.54, 1.807) is 30.5 Å². The number of anilines is 2. The van der Waals surface area contributed by atoms with Crippen molar-refractivity contribution in [2.24, 2.45) is 0 Å². The average Bonchev–Trinajstić information content (AvgIpc) is 2.49. The summed E-state index contributed by atoms with van der Waals surface area (Å²) in [5.41, 5.74) is 7.26. The van der Waals surface area contributed by atoms with Crippen LogP contribution in [0.1, 0.15) is 10.4 Å². The normalized spacial score (nSPS) is 10.5. The van der Waals surface area contributed by atoms with Crippen molar-refractivity contribution >= 4 is 39.7 Å². The predicted molar refractivity (Wildman–Crippen MR) is 85.6 cm³/mol. The molecule has 5 heteroatoms. The van der Waals surface area contributed by atoms with Gasteiger partial charge in [-0.15, -0.1) is 0 Å². The molecule has 0 radical (unpaired) electrons. The van der Waals surface area contributed by atoms with Crippen LogP contribution in [0.4, 0.5) is 11.4 Å². The molecule has 1 amide bonds. The van der Waals surface area contributed by atoms with Crippen LogP contribution in [0, 0.1) is 0 Å². The highest BCUT2D eigenvalue weighted by molar-refractivity contribution is 6.32. The average molecular weight is 298 g/mol. The van der Waals surface area contributed by atoms with E-state index in [4.69, 9.17) is 17.3 Å². The minimum atomic E-state index is -0.312. The Morgan fingerprint density at radius 2 is 1.81 bits per heavy atom. The smallest absolute Gasteiger partial charge is 0.257 e. The third-order valence-electron chi connectivity index (χ3n) is 3.17. The highest BCUT2D eigenvalue weighted by Gasteiger charge is 2.13. The van der Waals surface area contributed by atoms with Crippen LogP contribution in [-0.4, -0.2) is 10.9 Å². The second-order valence-electron chi connectivity index (χ2n) is 4.58. The van der Waals surface area contributed by atoms with E-state index in [1.165, 1.54) is 0 Å². The molecule has 1 aromatic heterocycles. The lowest BCUT2D eigenvalue weighted by Crippen LogP contribution is -2.14. The maximum absolute atomic E-state index is 12.4. The van der Waals surface area contributed by atoms with E-state index < -0.39 is 0 Å². The highest BCUT2D eigenvalue weighted by atomic mass is 35.5. The molecule has 1 heterocycles. The number of halogens is 1. The van der Waals surface area contributed by atoms with Crippen molar-refractivity contribution in [1.29, 1.82) is 0 Å². The Bertz CT molecular complexity index is 833. The Morgan fingerprint density at radius 1 is 1.10 bits per heavy atom. The van der Waals surface area contributed by atoms with Crippen LogP contribution in [-0.2, 0) is 0 Å². The summed E-state index contributed by atoms with van der Waals surface area (Å²) in [6.07, 6.45) is 1.56. The van der Waals surface area contributed by atoms with Crippen LogP contribution in [0.5, 0.6) is 0 Å². The first kappa shape index (κ1) is 13.4. The third-order valence-corrected chi connectivity index (χ3v) is 3.47. The van der Waals surface area contributed by atoms with E-state index in [1.807, 2.05) is 24.3 Å². The number of carbonyl (C=O) groups excluding carboxylic acids is 1. The van der Waals surface area contributed by atoms with Crippen LogP contribution in [0.25, 0.3) is 10.8 Å². The summed E-state index contributed by atoms with van der Waals surface area (Å²) < 4.78 is 0. The van der Waals surface area contributed by atoms with Gasteiger partial charge < -0.3 is 11.1 Å². The van der Waals surface area contributed by atoms with Gasteiger partial charge in [-0.05, 0) is 35.0 Å². The second-order valence-corrected chi connectivity index (χ2v) is 4.94. The zero-order valence-electron chi connectivity index (χ0n) is 11.0. The van der Waals surface area contributed by atoms with Gasteiger partial charge in [0.1, 0.15) is 0 Å². The molecule has 3 N–H and O–H groups in total. The van der Waals surface area contributed by atoms with Crippen molar-refractivity contribution in [3.8, 4) is 0 Å². The van der Waals surface area contributed by atoms with Crippen LogP contribution in [0.15, 0.2) is 54.7 Å². The van der Waals surface area contributed by atoms with Crippen molar-refractivity contribution in [3.05, 3.63) is 65.4 Å². The molecular formula is C16H12ClN3O. The lowest BCUT2D eigenvalue weighted by atomic mass is 10.0. The number of nitrogen functional groups attached to an aromatic ring is 1. The first-order valence-electron chi connectivity index (χ1n) is 6.35. The molecular weight excluding hydrogens is 286 g/mol. The van der Waals surface area contributed by atoms with Gasteiger partial charge in [-0.2, -0.15) is 0 Å². The first-order valence-corrected chi connectivity index (χ1v) is 6.73. The van der Waals surface area contributed by atoms with Gasteiger partial charge in [0, 0.05) is 11.9 Å². The molecule has 3 aromatic rings. The molecule has 104 valence electrons. The second kappa shape index (κ2) is 5.42. The van der Waals surface area contributed by atoms with Crippen molar-refractivity contribution in [1.82, 2.24) is 4.98 Å². The van der Waals surface area contributed by atoms with E-state index in [9.17, 15) is 4.79 Å². The monoisotopic (exact) mass is 297 g/mol. The number of pyridine rings is 1. The van der Waals surface area contributed by atoms with Gasteiger partial charge in [-0.3, -0.25) is 4.79 Å². The van der Waals surface area contributed by atoms with Crippen LogP contribution in [0.2, 0.25) is 5.15 Å². The van der Waals surface area contributed by atoms with Crippen molar-refractivity contribution in [2.45, 2.75) is 0 Å². The topological polar surface area (TPSA) is 68.0 Å².